The van der Waals surface area contributed by atoms with Crippen molar-refractivity contribution in [2.24, 2.45) is 0 Å². The number of benzene rings is 1. The van der Waals surface area contributed by atoms with E-state index in [9.17, 15) is 9.59 Å². The van der Waals surface area contributed by atoms with Crippen molar-refractivity contribution in [2.45, 2.75) is 26.2 Å². The second kappa shape index (κ2) is 5.28. The van der Waals surface area contributed by atoms with Crippen LogP contribution >= 0.6 is 0 Å². The Kier molecular flexibility index (Phi) is 3.70. The molecule has 2 rings (SSSR count). The van der Waals surface area contributed by atoms with E-state index in [1.54, 1.807) is 0 Å². The lowest BCUT2D eigenvalue weighted by molar-refractivity contribution is 0.102. The quantitative estimate of drug-likeness (QED) is 0.880. The van der Waals surface area contributed by atoms with Gasteiger partial charge >= 0.3 is 0 Å². The first kappa shape index (κ1) is 14.0. The highest BCUT2D eigenvalue weighted by atomic mass is 16.2. The van der Waals surface area contributed by atoms with Gasteiger partial charge in [0.15, 0.2) is 0 Å². The molecule has 5 heteroatoms. The molecule has 0 fully saturated rings. The summed E-state index contributed by atoms with van der Waals surface area (Å²) in [5.41, 5.74) is 1.15. The average molecular weight is 271 g/mol. The standard InChI is InChI=1S/C15H17N3O2/c1-15(2,3)11-6-4-5-7-12(11)18-14(20)10-8-16-9-17-13(10)19/h4-9H,1-3H3,(H,18,20)(H,16,17,19). The van der Waals surface area contributed by atoms with E-state index in [-0.39, 0.29) is 11.0 Å². The number of carbonyl (C=O) groups is 1. The number of carbonyl (C=O) groups excluding carboxylic acids is 1. The van der Waals surface area contributed by atoms with E-state index in [0.717, 1.165) is 5.56 Å². The minimum atomic E-state index is -0.462. The molecule has 0 saturated carbocycles. The van der Waals surface area contributed by atoms with E-state index in [0.29, 0.717) is 5.69 Å². The highest BCUT2D eigenvalue weighted by Gasteiger charge is 2.19. The van der Waals surface area contributed by atoms with Crippen LogP contribution in [0.4, 0.5) is 5.69 Å². The molecule has 2 aromatic rings. The van der Waals surface area contributed by atoms with Crippen LogP contribution in [0.25, 0.3) is 0 Å². The Morgan fingerprint density at radius 1 is 1.25 bits per heavy atom. The normalized spacial score (nSPS) is 11.2. The molecule has 0 atom stereocenters. The molecule has 0 radical (unpaired) electrons. The molecule has 0 bridgehead atoms. The van der Waals surface area contributed by atoms with E-state index in [4.69, 9.17) is 0 Å². The summed E-state index contributed by atoms with van der Waals surface area (Å²) >= 11 is 0. The summed E-state index contributed by atoms with van der Waals surface area (Å²) in [4.78, 5) is 29.9. The zero-order valence-corrected chi connectivity index (χ0v) is 11.7. The van der Waals surface area contributed by atoms with E-state index in [1.807, 2.05) is 24.3 Å². The van der Waals surface area contributed by atoms with Crippen molar-refractivity contribution in [2.75, 3.05) is 5.32 Å². The number of anilines is 1. The summed E-state index contributed by atoms with van der Waals surface area (Å²) in [5, 5.41) is 2.78. The molecular formula is C15H17N3O2. The molecule has 0 aliphatic heterocycles. The van der Waals surface area contributed by atoms with Crippen LogP contribution in [0.2, 0.25) is 0 Å². The monoisotopic (exact) mass is 271 g/mol. The topological polar surface area (TPSA) is 74.8 Å². The molecule has 0 aliphatic carbocycles. The number of nitrogens with zero attached hydrogens (tertiary/aromatic N) is 1. The van der Waals surface area contributed by atoms with Gasteiger partial charge in [0.1, 0.15) is 5.56 Å². The number of hydrogen-bond acceptors (Lipinski definition) is 3. The van der Waals surface area contributed by atoms with Crippen molar-refractivity contribution in [3.63, 3.8) is 0 Å². The molecule has 1 amide bonds. The van der Waals surface area contributed by atoms with E-state index >= 15 is 0 Å². The largest absolute Gasteiger partial charge is 0.321 e. The maximum Gasteiger partial charge on any atom is 0.263 e. The van der Waals surface area contributed by atoms with Gasteiger partial charge in [-0.3, -0.25) is 9.59 Å². The highest BCUT2D eigenvalue weighted by molar-refractivity contribution is 6.04. The average Bonchev–Trinajstić information content (AvgIpc) is 2.38. The maximum atomic E-state index is 12.1. The van der Waals surface area contributed by atoms with Crippen LogP contribution in [0.1, 0.15) is 36.7 Å². The lowest BCUT2D eigenvalue weighted by atomic mass is 9.86. The number of aromatic nitrogens is 2. The molecule has 104 valence electrons. The van der Waals surface area contributed by atoms with Gasteiger partial charge in [-0.2, -0.15) is 0 Å². The van der Waals surface area contributed by atoms with Crippen LogP contribution in [-0.4, -0.2) is 15.9 Å². The summed E-state index contributed by atoms with van der Waals surface area (Å²) in [5.74, 6) is -0.462. The predicted molar refractivity (Wildman–Crippen MR) is 78.0 cm³/mol. The number of H-pyrrole nitrogens is 1. The molecule has 0 aliphatic rings. The summed E-state index contributed by atoms with van der Waals surface area (Å²) < 4.78 is 0. The second-order valence-corrected chi connectivity index (χ2v) is 5.54. The van der Waals surface area contributed by atoms with Gasteiger partial charge in [-0.05, 0) is 17.0 Å². The van der Waals surface area contributed by atoms with Crippen molar-refractivity contribution in [1.29, 1.82) is 0 Å². The lowest BCUT2D eigenvalue weighted by Gasteiger charge is -2.22. The lowest BCUT2D eigenvalue weighted by Crippen LogP contribution is -2.24. The number of nitrogens with one attached hydrogen (secondary N) is 2. The third-order valence-electron chi connectivity index (χ3n) is 2.95. The molecule has 0 spiro atoms. The minimum absolute atomic E-state index is 0.00351. The van der Waals surface area contributed by atoms with Crippen molar-refractivity contribution in [1.82, 2.24) is 9.97 Å². The molecule has 1 aromatic heterocycles. The summed E-state index contributed by atoms with van der Waals surface area (Å²) in [6.07, 6.45) is 2.51. The van der Waals surface area contributed by atoms with Crippen LogP contribution in [0.15, 0.2) is 41.6 Å². The van der Waals surface area contributed by atoms with E-state index in [2.05, 4.69) is 36.1 Å². The Morgan fingerprint density at radius 2 is 1.95 bits per heavy atom. The van der Waals surface area contributed by atoms with Crippen LogP contribution in [0, 0.1) is 0 Å². The first-order valence-electron chi connectivity index (χ1n) is 6.33. The first-order valence-corrected chi connectivity index (χ1v) is 6.33. The van der Waals surface area contributed by atoms with Gasteiger partial charge in [0.25, 0.3) is 11.5 Å². The van der Waals surface area contributed by atoms with Gasteiger partial charge in [0, 0.05) is 11.9 Å². The summed E-state index contributed by atoms with van der Waals surface area (Å²) in [6, 6.07) is 7.55. The number of rotatable bonds is 2. The SMILES string of the molecule is CC(C)(C)c1ccccc1NC(=O)c1cnc[nH]c1=O. The van der Waals surface area contributed by atoms with Crippen LogP contribution in [0.3, 0.4) is 0 Å². The predicted octanol–water partition coefficient (Wildman–Crippen LogP) is 2.32. The molecule has 0 saturated heterocycles. The zero-order chi connectivity index (χ0) is 14.8. The third kappa shape index (κ3) is 2.93. The van der Waals surface area contributed by atoms with Crippen LogP contribution in [-0.2, 0) is 5.41 Å². The Hall–Kier alpha value is -2.43. The molecule has 5 nitrogen and oxygen atoms in total. The summed E-state index contributed by atoms with van der Waals surface area (Å²) in [6.45, 7) is 6.19. The molecule has 20 heavy (non-hydrogen) atoms. The van der Waals surface area contributed by atoms with Crippen molar-refractivity contribution >= 4 is 11.6 Å². The summed E-state index contributed by atoms with van der Waals surface area (Å²) in [7, 11) is 0. The fraction of sp³-hybridized carbons (Fsp3) is 0.267. The van der Waals surface area contributed by atoms with Gasteiger partial charge in [0.05, 0.1) is 6.33 Å². The molecule has 1 heterocycles. The number of hydrogen-bond donors (Lipinski definition) is 2. The minimum Gasteiger partial charge on any atom is -0.321 e. The van der Waals surface area contributed by atoms with Gasteiger partial charge in [0.2, 0.25) is 0 Å². The van der Waals surface area contributed by atoms with Gasteiger partial charge in [-0.15, -0.1) is 0 Å². The van der Waals surface area contributed by atoms with Crippen molar-refractivity contribution in [3.05, 3.63) is 58.3 Å². The highest BCUT2D eigenvalue weighted by Crippen LogP contribution is 2.29. The maximum absolute atomic E-state index is 12.1. The Labute approximate surface area is 117 Å². The Morgan fingerprint density at radius 3 is 2.60 bits per heavy atom. The van der Waals surface area contributed by atoms with Gasteiger partial charge in [-0.1, -0.05) is 39.0 Å². The molecular weight excluding hydrogens is 254 g/mol. The molecule has 2 N–H and O–H groups in total. The first-order chi connectivity index (χ1) is 9.39. The number of amides is 1. The zero-order valence-electron chi connectivity index (χ0n) is 11.7. The van der Waals surface area contributed by atoms with Crippen molar-refractivity contribution < 1.29 is 4.79 Å². The smallest absolute Gasteiger partial charge is 0.263 e. The van der Waals surface area contributed by atoms with Crippen LogP contribution in [0.5, 0.6) is 0 Å². The number of aromatic amines is 1. The van der Waals surface area contributed by atoms with Crippen molar-refractivity contribution in [3.8, 4) is 0 Å². The fourth-order valence-corrected chi connectivity index (χ4v) is 1.94. The van der Waals surface area contributed by atoms with Crippen LogP contribution < -0.4 is 10.9 Å². The Bertz CT molecular complexity index is 684. The third-order valence-corrected chi connectivity index (χ3v) is 2.95. The van der Waals surface area contributed by atoms with Gasteiger partial charge < -0.3 is 10.3 Å². The second-order valence-electron chi connectivity index (χ2n) is 5.54. The fourth-order valence-electron chi connectivity index (χ4n) is 1.94. The van der Waals surface area contributed by atoms with E-state index < -0.39 is 11.5 Å². The van der Waals surface area contributed by atoms with Gasteiger partial charge in [-0.25, -0.2) is 4.98 Å². The number of para-hydroxylation sites is 1. The molecule has 1 aromatic carbocycles. The van der Waals surface area contributed by atoms with E-state index in [1.165, 1.54) is 12.5 Å². The molecule has 0 unspecified atom stereocenters. The Balaban J connectivity index is 2.34.